The van der Waals surface area contributed by atoms with Crippen LogP contribution in [0.1, 0.15) is 18.1 Å². The molecule has 0 saturated heterocycles. The van der Waals surface area contributed by atoms with Crippen LogP contribution in [0.5, 0.6) is 0 Å². The first-order chi connectivity index (χ1) is 6.90. The maximum atomic E-state index is 5.47. The molecule has 0 bridgehead atoms. The summed E-state index contributed by atoms with van der Waals surface area (Å²) in [5.74, 6) is 0.976. The molecule has 0 spiro atoms. The summed E-state index contributed by atoms with van der Waals surface area (Å²) in [5, 5.41) is 0. The predicted molar refractivity (Wildman–Crippen MR) is 58.9 cm³/mol. The van der Waals surface area contributed by atoms with Gasteiger partial charge in [0.25, 0.3) is 0 Å². The Bertz CT molecular complexity index is 375. The van der Waals surface area contributed by atoms with Crippen molar-refractivity contribution in [1.29, 1.82) is 0 Å². The van der Waals surface area contributed by atoms with Crippen molar-refractivity contribution in [1.82, 2.24) is 0 Å². The number of hydrogen-bond donors (Lipinski definition) is 0. The quantitative estimate of drug-likeness (QED) is 0.689. The van der Waals surface area contributed by atoms with Crippen LogP contribution in [0.2, 0.25) is 0 Å². The zero-order valence-electron chi connectivity index (χ0n) is 8.36. The van der Waals surface area contributed by atoms with Gasteiger partial charge in [-0.05, 0) is 36.6 Å². The second kappa shape index (κ2) is 4.14. The average Bonchev–Trinajstić information content (AvgIpc) is 2.42. The molecule has 1 heteroatoms. The molecule has 1 aliphatic rings. The zero-order chi connectivity index (χ0) is 9.80. The van der Waals surface area contributed by atoms with Crippen molar-refractivity contribution in [2.24, 2.45) is 0 Å². The molecule has 1 aromatic carbocycles. The molecule has 1 aromatic rings. The molecule has 2 rings (SSSR count). The highest BCUT2D eigenvalue weighted by molar-refractivity contribution is 5.58. The van der Waals surface area contributed by atoms with Gasteiger partial charge < -0.3 is 4.74 Å². The summed E-state index contributed by atoms with van der Waals surface area (Å²) in [6.45, 7) is 2.74. The van der Waals surface area contributed by atoms with Crippen LogP contribution < -0.4 is 0 Å². The van der Waals surface area contributed by atoms with Crippen LogP contribution in [0.4, 0.5) is 0 Å². The van der Waals surface area contributed by atoms with E-state index in [0.29, 0.717) is 0 Å². The summed E-state index contributed by atoms with van der Waals surface area (Å²) in [4.78, 5) is 0. The van der Waals surface area contributed by atoms with Gasteiger partial charge >= 0.3 is 0 Å². The highest BCUT2D eigenvalue weighted by Gasteiger charge is 2.02. The molecule has 14 heavy (non-hydrogen) atoms. The van der Waals surface area contributed by atoms with Crippen molar-refractivity contribution in [3.63, 3.8) is 0 Å². The summed E-state index contributed by atoms with van der Waals surface area (Å²) in [6.07, 6.45) is 7.24. The Morgan fingerprint density at radius 2 is 2.07 bits per heavy atom. The molecular weight excluding hydrogens is 172 g/mol. The predicted octanol–water partition coefficient (Wildman–Crippen LogP) is 3.18. The standard InChI is InChI=1S/C13H14O/c1-2-14-13-9-7-11-5-3-4-6-12(11)8-10-13/h3-7,9-10H,2,8H2,1H3. The van der Waals surface area contributed by atoms with Crippen molar-refractivity contribution < 1.29 is 4.74 Å². The zero-order valence-corrected chi connectivity index (χ0v) is 8.36. The molecule has 0 N–H and O–H groups in total. The molecule has 0 fully saturated rings. The number of rotatable bonds is 2. The van der Waals surface area contributed by atoms with E-state index in [4.69, 9.17) is 4.74 Å². The first kappa shape index (κ1) is 9.07. The van der Waals surface area contributed by atoms with Gasteiger partial charge in [0, 0.05) is 0 Å². The van der Waals surface area contributed by atoms with Crippen molar-refractivity contribution in [3.8, 4) is 0 Å². The van der Waals surface area contributed by atoms with Crippen molar-refractivity contribution in [3.05, 3.63) is 53.3 Å². The number of hydrogen-bond acceptors (Lipinski definition) is 1. The Kier molecular flexibility index (Phi) is 2.68. The lowest BCUT2D eigenvalue weighted by Crippen LogP contribution is -1.88. The van der Waals surface area contributed by atoms with E-state index in [2.05, 4.69) is 36.4 Å². The van der Waals surface area contributed by atoms with Crippen LogP contribution >= 0.6 is 0 Å². The Balaban J connectivity index is 2.27. The topological polar surface area (TPSA) is 9.23 Å². The van der Waals surface area contributed by atoms with Gasteiger partial charge in [0.15, 0.2) is 0 Å². The fourth-order valence-corrected chi connectivity index (χ4v) is 1.61. The minimum Gasteiger partial charge on any atom is -0.494 e. The lowest BCUT2D eigenvalue weighted by atomic mass is 10.1. The smallest absolute Gasteiger partial charge is 0.115 e. The second-order valence-electron chi connectivity index (χ2n) is 3.28. The molecule has 0 atom stereocenters. The number of benzene rings is 1. The Hall–Kier alpha value is -1.50. The van der Waals surface area contributed by atoms with E-state index in [1.807, 2.05) is 13.0 Å². The van der Waals surface area contributed by atoms with Crippen LogP contribution in [0.25, 0.3) is 6.08 Å². The summed E-state index contributed by atoms with van der Waals surface area (Å²) in [7, 11) is 0. The molecule has 0 amide bonds. The van der Waals surface area contributed by atoms with E-state index in [0.717, 1.165) is 18.8 Å². The maximum absolute atomic E-state index is 5.47. The van der Waals surface area contributed by atoms with Crippen LogP contribution in [0, 0.1) is 0 Å². The van der Waals surface area contributed by atoms with Crippen LogP contribution in [0.3, 0.4) is 0 Å². The van der Waals surface area contributed by atoms with E-state index in [1.165, 1.54) is 11.1 Å². The third-order valence-electron chi connectivity index (χ3n) is 2.32. The second-order valence-corrected chi connectivity index (χ2v) is 3.28. The Morgan fingerprint density at radius 3 is 2.93 bits per heavy atom. The van der Waals surface area contributed by atoms with Gasteiger partial charge in [0.2, 0.25) is 0 Å². The molecule has 0 aromatic heterocycles. The largest absolute Gasteiger partial charge is 0.494 e. The van der Waals surface area contributed by atoms with Gasteiger partial charge in [-0.25, -0.2) is 0 Å². The first-order valence-corrected chi connectivity index (χ1v) is 4.99. The summed E-state index contributed by atoms with van der Waals surface area (Å²) >= 11 is 0. The molecule has 0 saturated carbocycles. The van der Waals surface area contributed by atoms with Gasteiger partial charge in [-0.15, -0.1) is 0 Å². The minimum absolute atomic E-state index is 0.729. The lowest BCUT2D eigenvalue weighted by Gasteiger charge is -2.01. The van der Waals surface area contributed by atoms with Crippen molar-refractivity contribution in [2.75, 3.05) is 6.61 Å². The van der Waals surface area contributed by atoms with Crippen molar-refractivity contribution >= 4 is 6.08 Å². The number of ether oxygens (including phenoxy) is 1. The van der Waals surface area contributed by atoms with Gasteiger partial charge in [0.1, 0.15) is 5.76 Å². The van der Waals surface area contributed by atoms with Gasteiger partial charge in [0.05, 0.1) is 6.61 Å². The monoisotopic (exact) mass is 186 g/mol. The van der Waals surface area contributed by atoms with E-state index in [1.54, 1.807) is 0 Å². The SMILES string of the molecule is CCOC1=CCc2ccccc2C=C1. The maximum Gasteiger partial charge on any atom is 0.115 e. The van der Waals surface area contributed by atoms with Crippen LogP contribution in [0.15, 0.2) is 42.2 Å². The molecular formula is C13H14O. The van der Waals surface area contributed by atoms with Gasteiger partial charge in [-0.3, -0.25) is 0 Å². The highest BCUT2D eigenvalue weighted by Crippen LogP contribution is 2.18. The minimum atomic E-state index is 0.729. The highest BCUT2D eigenvalue weighted by atomic mass is 16.5. The summed E-state index contributed by atoms with van der Waals surface area (Å²) in [5.41, 5.74) is 2.65. The summed E-state index contributed by atoms with van der Waals surface area (Å²) in [6, 6.07) is 8.43. The van der Waals surface area contributed by atoms with Gasteiger partial charge in [-0.2, -0.15) is 0 Å². The average molecular weight is 186 g/mol. The Labute approximate surface area is 84.7 Å². The third kappa shape index (κ3) is 1.87. The Morgan fingerprint density at radius 1 is 1.21 bits per heavy atom. The fourth-order valence-electron chi connectivity index (χ4n) is 1.61. The third-order valence-corrected chi connectivity index (χ3v) is 2.32. The lowest BCUT2D eigenvalue weighted by molar-refractivity contribution is 0.242. The fraction of sp³-hybridized carbons (Fsp3) is 0.231. The van der Waals surface area contributed by atoms with E-state index >= 15 is 0 Å². The molecule has 0 radical (unpaired) electrons. The number of fused-ring (bicyclic) bond motifs is 1. The molecule has 1 nitrogen and oxygen atoms in total. The molecule has 72 valence electrons. The van der Waals surface area contributed by atoms with Crippen molar-refractivity contribution in [2.45, 2.75) is 13.3 Å². The van der Waals surface area contributed by atoms with Crippen LogP contribution in [-0.2, 0) is 11.2 Å². The van der Waals surface area contributed by atoms with E-state index in [9.17, 15) is 0 Å². The van der Waals surface area contributed by atoms with E-state index in [-0.39, 0.29) is 0 Å². The summed E-state index contributed by atoms with van der Waals surface area (Å²) < 4.78 is 5.47. The molecule has 0 unspecified atom stereocenters. The molecule has 0 heterocycles. The first-order valence-electron chi connectivity index (χ1n) is 4.99. The number of allylic oxidation sites excluding steroid dienone is 2. The van der Waals surface area contributed by atoms with E-state index < -0.39 is 0 Å². The molecule has 1 aliphatic carbocycles. The van der Waals surface area contributed by atoms with Crippen LogP contribution in [-0.4, -0.2) is 6.61 Å². The normalized spacial score (nSPS) is 14.2. The van der Waals surface area contributed by atoms with Gasteiger partial charge in [-0.1, -0.05) is 30.3 Å². The molecule has 0 aliphatic heterocycles.